The summed E-state index contributed by atoms with van der Waals surface area (Å²) < 4.78 is 4.62. The Balaban J connectivity index is 2.48. The average Bonchev–Trinajstić information content (AvgIpc) is 1.90. The first-order valence-corrected chi connectivity index (χ1v) is 3.85. The lowest BCUT2D eigenvalue weighted by molar-refractivity contribution is 0.158. The summed E-state index contributed by atoms with van der Waals surface area (Å²) in [6.45, 7) is 0.462. The van der Waals surface area contributed by atoms with Crippen molar-refractivity contribution in [2.24, 2.45) is 4.99 Å². The number of rotatable bonds is 1. The van der Waals surface area contributed by atoms with Crippen molar-refractivity contribution in [3.05, 3.63) is 0 Å². The van der Waals surface area contributed by atoms with Crippen LogP contribution >= 0.6 is 11.8 Å². The molecule has 0 saturated carbocycles. The van der Waals surface area contributed by atoms with E-state index in [-0.39, 0.29) is 5.25 Å². The molecule has 1 aliphatic heterocycles. The van der Waals surface area contributed by atoms with Crippen molar-refractivity contribution in [1.29, 1.82) is 0 Å². The SMILES string of the molecule is CSC1C=NC(=O)OC1. The Labute approximate surface area is 57.5 Å². The quantitative estimate of drug-likeness (QED) is 0.551. The van der Waals surface area contributed by atoms with Gasteiger partial charge in [0.1, 0.15) is 6.61 Å². The zero-order valence-corrected chi connectivity index (χ0v) is 5.85. The lowest BCUT2D eigenvalue weighted by Crippen LogP contribution is -2.21. The highest BCUT2D eigenvalue weighted by molar-refractivity contribution is 7.99. The average molecular weight is 145 g/mol. The van der Waals surface area contributed by atoms with Crippen molar-refractivity contribution in [3.8, 4) is 0 Å². The summed E-state index contributed by atoms with van der Waals surface area (Å²) >= 11 is 1.62. The summed E-state index contributed by atoms with van der Waals surface area (Å²) in [5.74, 6) is 0. The number of carbonyl (C=O) groups is 1. The van der Waals surface area contributed by atoms with E-state index >= 15 is 0 Å². The standard InChI is InChI=1S/C5H7NO2S/c1-9-4-2-6-5(7)8-3-4/h2,4H,3H2,1H3. The molecule has 0 N–H and O–H groups in total. The van der Waals surface area contributed by atoms with Crippen molar-refractivity contribution in [2.75, 3.05) is 12.9 Å². The molecule has 1 amide bonds. The maximum Gasteiger partial charge on any atom is 0.433 e. The first-order valence-electron chi connectivity index (χ1n) is 2.56. The van der Waals surface area contributed by atoms with E-state index in [1.54, 1.807) is 18.0 Å². The Kier molecular flexibility index (Phi) is 2.10. The van der Waals surface area contributed by atoms with Crippen LogP contribution in [0, 0.1) is 0 Å². The number of ether oxygens (including phenoxy) is 1. The number of amides is 1. The molecule has 0 aliphatic carbocycles. The third-order valence-electron chi connectivity index (χ3n) is 1.02. The number of carbonyl (C=O) groups excluding carboxylic acids is 1. The number of thioether (sulfide) groups is 1. The minimum absolute atomic E-state index is 0.252. The van der Waals surface area contributed by atoms with Crippen LogP contribution in [0.25, 0.3) is 0 Å². The highest BCUT2D eigenvalue weighted by Crippen LogP contribution is 2.08. The van der Waals surface area contributed by atoms with E-state index in [1.165, 1.54) is 0 Å². The second kappa shape index (κ2) is 2.87. The van der Waals surface area contributed by atoms with Gasteiger partial charge in [0.2, 0.25) is 0 Å². The van der Waals surface area contributed by atoms with Crippen LogP contribution < -0.4 is 0 Å². The van der Waals surface area contributed by atoms with E-state index in [9.17, 15) is 4.79 Å². The number of nitrogens with zero attached hydrogens (tertiary/aromatic N) is 1. The third kappa shape index (κ3) is 1.71. The van der Waals surface area contributed by atoms with E-state index in [4.69, 9.17) is 0 Å². The number of cyclic esters (lactones) is 1. The van der Waals surface area contributed by atoms with Crippen LogP contribution in [0.3, 0.4) is 0 Å². The molecule has 1 rings (SSSR count). The molecule has 9 heavy (non-hydrogen) atoms. The smallest absolute Gasteiger partial charge is 0.433 e. The van der Waals surface area contributed by atoms with Crippen LogP contribution in [0.4, 0.5) is 4.79 Å². The monoisotopic (exact) mass is 145 g/mol. The molecular weight excluding hydrogens is 138 g/mol. The van der Waals surface area contributed by atoms with Crippen LogP contribution in [-0.4, -0.2) is 30.4 Å². The predicted molar refractivity (Wildman–Crippen MR) is 37.1 cm³/mol. The normalized spacial score (nSPS) is 25.9. The Morgan fingerprint density at radius 3 is 3.22 bits per heavy atom. The van der Waals surface area contributed by atoms with Crippen LogP contribution in [0.15, 0.2) is 4.99 Å². The van der Waals surface area contributed by atoms with Crippen molar-refractivity contribution in [1.82, 2.24) is 0 Å². The molecular formula is C5H7NO2S. The molecule has 0 radical (unpaired) electrons. The summed E-state index contributed by atoms with van der Waals surface area (Å²) in [6, 6.07) is 0. The Morgan fingerprint density at radius 2 is 2.78 bits per heavy atom. The van der Waals surface area contributed by atoms with Crippen LogP contribution in [0.2, 0.25) is 0 Å². The molecule has 0 aromatic heterocycles. The Bertz CT molecular complexity index is 146. The molecule has 1 atom stereocenters. The maximum absolute atomic E-state index is 10.3. The maximum atomic E-state index is 10.3. The topological polar surface area (TPSA) is 38.7 Å². The largest absolute Gasteiger partial charge is 0.446 e. The fourth-order valence-electron chi connectivity index (χ4n) is 0.507. The molecule has 0 bridgehead atoms. The van der Waals surface area contributed by atoms with Gasteiger partial charge in [-0.3, -0.25) is 0 Å². The van der Waals surface area contributed by atoms with Gasteiger partial charge in [-0.15, -0.1) is 0 Å². The van der Waals surface area contributed by atoms with Crippen molar-refractivity contribution < 1.29 is 9.53 Å². The fraction of sp³-hybridized carbons (Fsp3) is 0.600. The minimum Gasteiger partial charge on any atom is -0.446 e. The molecule has 1 aliphatic rings. The van der Waals surface area contributed by atoms with Gasteiger partial charge in [0.15, 0.2) is 0 Å². The summed E-state index contributed by atoms with van der Waals surface area (Å²) in [7, 11) is 0. The lowest BCUT2D eigenvalue weighted by atomic mass is 10.5. The van der Waals surface area contributed by atoms with Crippen molar-refractivity contribution in [2.45, 2.75) is 5.25 Å². The number of hydrogen-bond acceptors (Lipinski definition) is 3. The molecule has 0 aromatic carbocycles. The summed E-state index contributed by atoms with van der Waals surface area (Å²) in [5.41, 5.74) is 0. The Hall–Kier alpha value is -0.510. The molecule has 3 nitrogen and oxygen atoms in total. The van der Waals surface area contributed by atoms with Gasteiger partial charge in [-0.05, 0) is 6.26 Å². The van der Waals surface area contributed by atoms with E-state index in [2.05, 4.69) is 9.73 Å². The first kappa shape index (κ1) is 6.61. The summed E-state index contributed by atoms with van der Waals surface area (Å²) in [4.78, 5) is 13.8. The molecule has 50 valence electrons. The van der Waals surface area contributed by atoms with Gasteiger partial charge in [0.05, 0.1) is 5.25 Å². The van der Waals surface area contributed by atoms with Crippen LogP contribution in [0.1, 0.15) is 0 Å². The van der Waals surface area contributed by atoms with Crippen molar-refractivity contribution >= 4 is 24.1 Å². The molecule has 0 aromatic rings. The van der Waals surface area contributed by atoms with Crippen molar-refractivity contribution in [3.63, 3.8) is 0 Å². The molecule has 0 saturated heterocycles. The zero-order valence-electron chi connectivity index (χ0n) is 5.03. The van der Waals surface area contributed by atoms with E-state index < -0.39 is 6.09 Å². The van der Waals surface area contributed by atoms with Gasteiger partial charge < -0.3 is 4.74 Å². The van der Waals surface area contributed by atoms with E-state index in [0.29, 0.717) is 6.61 Å². The Morgan fingerprint density at radius 1 is 2.00 bits per heavy atom. The van der Waals surface area contributed by atoms with Gasteiger partial charge in [-0.2, -0.15) is 16.8 Å². The fourth-order valence-corrected chi connectivity index (χ4v) is 0.893. The minimum atomic E-state index is -0.472. The van der Waals surface area contributed by atoms with E-state index in [0.717, 1.165) is 0 Å². The molecule has 0 spiro atoms. The summed E-state index contributed by atoms with van der Waals surface area (Å²) in [5, 5.41) is 0.252. The van der Waals surface area contributed by atoms with Crippen LogP contribution in [0.5, 0.6) is 0 Å². The third-order valence-corrected chi connectivity index (χ3v) is 1.88. The number of aliphatic imine (C=N–C) groups is 1. The second-order valence-electron chi connectivity index (χ2n) is 1.63. The molecule has 0 fully saturated rings. The van der Waals surface area contributed by atoms with Gasteiger partial charge in [-0.25, -0.2) is 4.79 Å². The first-order chi connectivity index (χ1) is 4.33. The van der Waals surface area contributed by atoms with Crippen LogP contribution in [-0.2, 0) is 4.74 Å². The molecule has 4 heteroatoms. The highest BCUT2D eigenvalue weighted by Gasteiger charge is 2.12. The lowest BCUT2D eigenvalue weighted by Gasteiger charge is -2.11. The second-order valence-corrected chi connectivity index (χ2v) is 2.71. The van der Waals surface area contributed by atoms with E-state index in [1.807, 2.05) is 6.26 Å². The predicted octanol–water partition coefficient (Wildman–Crippen LogP) is 0.939. The number of hydrogen-bond donors (Lipinski definition) is 0. The van der Waals surface area contributed by atoms with Gasteiger partial charge in [0.25, 0.3) is 0 Å². The zero-order chi connectivity index (χ0) is 6.69. The summed E-state index contributed by atoms with van der Waals surface area (Å²) in [6.07, 6.45) is 3.10. The molecule has 1 heterocycles. The molecule has 1 unspecified atom stereocenters. The highest BCUT2D eigenvalue weighted by atomic mass is 32.2. The van der Waals surface area contributed by atoms with Gasteiger partial charge in [-0.1, -0.05) is 0 Å². The van der Waals surface area contributed by atoms with Gasteiger partial charge in [0, 0.05) is 6.21 Å². The van der Waals surface area contributed by atoms with Gasteiger partial charge >= 0.3 is 6.09 Å².